The fourth-order valence-corrected chi connectivity index (χ4v) is 3.18. The van der Waals surface area contributed by atoms with Crippen LogP contribution in [0.5, 0.6) is 0 Å². The molecule has 0 unspecified atom stereocenters. The molecule has 2 amide bonds. The maximum absolute atomic E-state index is 13.2. The Hall–Kier alpha value is -3.35. The van der Waals surface area contributed by atoms with E-state index >= 15 is 0 Å². The van der Waals surface area contributed by atoms with Crippen LogP contribution in [-0.2, 0) is 0 Å². The SMILES string of the molecule is Cc1cc(C)cc(C(=O)N(NC(=O)c2ccc3c(c2)NN(C)N=C3)C(C)(C)C)c1. The standard InChI is InChI=1S/C22H27N5O2/c1-14-9-15(2)11-18(10-14)21(29)27(22(3,4)5)25-20(28)16-7-8-17-13-23-26(6)24-19(17)12-16/h7-13,24H,1-6H3,(H,25,28). The Morgan fingerprint density at radius 2 is 1.69 bits per heavy atom. The highest BCUT2D eigenvalue weighted by atomic mass is 16.2. The molecular formula is C22H27N5O2. The molecule has 0 radical (unpaired) electrons. The van der Waals surface area contributed by atoms with Crippen molar-refractivity contribution in [3.63, 3.8) is 0 Å². The summed E-state index contributed by atoms with van der Waals surface area (Å²) in [6.07, 6.45) is 1.72. The van der Waals surface area contributed by atoms with Crippen LogP contribution in [0.15, 0.2) is 41.5 Å². The number of hydrogen-bond donors (Lipinski definition) is 2. The number of amides is 2. The van der Waals surface area contributed by atoms with Crippen LogP contribution in [0.2, 0.25) is 0 Å². The van der Waals surface area contributed by atoms with Gasteiger partial charge in [-0.15, -0.1) is 0 Å². The van der Waals surface area contributed by atoms with Crippen LogP contribution in [0.3, 0.4) is 0 Å². The van der Waals surface area contributed by atoms with Gasteiger partial charge in [0.1, 0.15) is 0 Å². The molecule has 152 valence electrons. The molecule has 3 rings (SSSR count). The lowest BCUT2D eigenvalue weighted by Gasteiger charge is -2.35. The van der Waals surface area contributed by atoms with Gasteiger partial charge in [-0.05, 0) is 58.9 Å². The third kappa shape index (κ3) is 4.56. The summed E-state index contributed by atoms with van der Waals surface area (Å²) in [5.74, 6) is -0.604. The monoisotopic (exact) mass is 393 g/mol. The van der Waals surface area contributed by atoms with Gasteiger partial charge < -0.3 is 0 Å². The van der Waals surface area contributed by atoms with Crippen molar-refractivity contribution in [2.45, 2.75) is 40.2 Å². The van der Waals surface area contributed by atoms with E-state index in [1.165, 1.54) is 5.01 Å². The maximum Gasteiger partial charge on any atom is 0.272 e. The molecule has 29 heavy (non-hydrogen) atoms. The predicted octanol–water partition coefficient (Wildman–Crippen LogP) is 3.50. The number of fused-ring (bicyclic) bond motifs is 1. The number of nitrogens with zero attached hydrogens (tertiary/aromatic N) is 3. The lowest BCUT2D eigenvalue weighted by Crippen LogP contribution is -2.55. The van der Waals surface area contributed by atoms with Gasteiger partial charge in [-0.1, -0.05) is 23.3 Å². The van der Waals surface area contributed by atoms with Crippen LogP contribution in [0.4, 0.5) is 5.69 Å². The molecule has 0 atom stereocenters. The first-order valence-corrected chi connectivity index (χ1v) is 9.47. The van der Waals surface area contributed by atoms with E-state index in [-0.39, 0.29) is 11.8 Å². The van der Waals surface area contributed by atoms with E-state index in [0.717, 1.165) is 22.4 Å². The first kappa shape index (κ1) is 20.4. The normalized spacial score (nSPS) is 12.8. The maximum atomic E-state index is 13.2. The van der Waals surface area contributed by atoms with Gasteiger partial charge in [0.25, 0.3) is 11.8 Å². The Morgan fingerprint density at radius 1 is 1.03 bits per heavy atom. The van der Waals surface area contributed by atoms with Gasteiger partial charge in [0.15, 0.2) is 0 Å². The average molecular weight is 393 g/mol. The third-order valence-electron chi connectivity index (χ3n) is 4.52. The van der Waals surface area contributed by atoms with Crippen molar-refractivity contribution in [2.75, 3.05) is 12.5 Å². The van der Waals surface area contributed by atoms with Crippen LogP contribution in [0.1, 0.15) is 58.2 Å². The number of hydrogen-bond acceptors (Lipinski definition) is 5. The van der Waals surface area contributed by atoms with Gasteiger partial charge in [-0.3, -0.25) is 20.4 Å². The second-order valence-corrected chi connectivity index (χ2v) is 8.31. The number of benzene rings is 2. The Kier molecular flexibility index (Phi) is 5.33. The molecule has 0 saturated carbocycles. The van der Waals surface area contributed by atoms with Crippen LogP contribution in [0, 0.1) is 13.8 Å². The second kappa shape index (κ2) is 7.58. The molecule has 0 aliphatic carbocycles. The van der Waals surface area contributed by atoms with Crippen molar-refractivity contribution >= 4 is 23.7 Å². The Morgan fingerprint density at radius 3 is 2.31 bits per heavy atom. The largest absolute Gasteiger partial charge is 0.282 e. The minimum absolute atomic E-state index is 0.249. The molecular weight excluding hydrogens is 366 g/mol. The first-order valence-electron chi connectivity index (χ1n) is 9.47. The summed E-state index contributed by atoms with van der Waals surface area (Å²) in [7, 11) is 1.77. The number of carbonyl (C=O) groups excluding carboxylic acids is 2. The van der Waals surface area contributed by atoms with Crippen LogP contribution in [0.25, 0.3) is 0 Å². The molecule has 0 saturated heterocycles. The first-order chi connectivity index (χ1) is 13.5. The van der Waals surface area contributed by atoms with E-state index in [4.69, 9.17) is 0 Å². The van der Waals surface area contributed by atoms with Crippen molar-refractivity contribution in [3.8, 4) is 0 Å². The van der Waals surface area contributed by atoms with E-state index in [0.29, 0.717) is 11.1 Å². The summed E-state index contributed by atoms with van der Waals surface area (Å²) in [6, 6.07) is 11.0. The molecule has 0 fully saturated rings. The smallest absolute Gasteiger partial charge is 0.272 e. The zero-order chi connectivity index (χ0) is 21.3. The molecule has 1 heterocycles. The number of hydrazone groups is 1. The molecule has 7 heteroatoms. The summed E-state index contributed by atoms with van der Waals surface area (Å²) >= 11 is 0. The number of aryl methyl sites for hydroxylation is 2. The van der Waals surface area contributed by atoms with E-state index in [9.17, 15) is 9.59 Å². The Balaban J connectivity index is 1.88. The highest BCUT2D eigenvalue weighted by Crippen LogP contribution is 2.21. The molecule has 1 aliphatic heterocycles. The van der Waals surface area contributed by atoms with Crippen LogP contribution >= 0.6 is 0 Å². The Bertz CT molecular complexity index is 971. The van der Waals surface area contributed by atoms with Gasteiger partial charge >= 0.3 is 0 Å². The number of rotatable bonds is 2. The van der Waals surface area contributed by atoms with Gasteiger partial charge in [0.05, 0.1) is 17.4 Å². The van der Waals surface area contributed by atoms with Crippen molar-refractivity contribution in [1.82, 2.24) is 15.6 Å². The number of nitrogens with one attached hydrogen (secondary N) is 2. The van der Waals surface area contributed by atoms with Gasteiger partial charge in [-0.2, -0.15) is 5.10 Å². The highest BCUT2D eigenvalue weighted by molar-refractivity contribution is 6.01. The van der Waals surface area contributed by atoms with E-state index in [2.05, 4.69) is 16.0 Å². The molecule has 2 aromatic rings. The quantitative estimate of drug-likeness (QED) is 0.766. The minimum atomic E-state index is -0.607. The summed E-state index contributed by atoms with van der Waals surface area (Å²) in [4.78, 5) is 26.2. The van der Waals surface area contributed by atoms with Crippen LogP contribution in [-0.4, -0.2) is 40.7 Å². The molecule has 2 aromatic carbocycles. The Labute approximate surface area is 171 Å². The lowest BCUT2D eigenvalue weighted by molar-refractivity contribution is 0.0358. The molecule has 0 spiro atoms. The van der Waals surface area contributed by atoms with Crippen molar-refractivity contribution < 1.29 is 9.59 Å². The molecule has 1 aliphatic rings. The minimum Gasteiger partial charge on any atom is -0.282 e. The molecule has 0 aromatic heterocycles. The average Bonchev–Trinajstić information content (AvgIpc) is 2.63. The zero-order valence-electron chi connectivity index (χ0n) is 17.7. The third-order valence-corrected chi connectivity index (χ3v) is 4.52. The highest BCUT2D eigenvalue weighted by Gasteiger charge is 2.30. The fourth-order valence-electron chi connectivity index (χ4n) is 3.18. The van der Waals surface area contributed by atoms with Crippen LogP contribution < -0.4 is 10.9 Å². The summed E-state index contributed by atoms with van der Waals surface area (Å²) in [5, 5.41) is 7.10. The molecule has 0 bridgehead atoms. The topological polar surface area (TPSA) is 77.0 Å². The predicted molar refractivity (Wildman–Crippen MR) is 115 cm³/mol. The van der Waals surface area contributed by atoms with Gasteiger partial charge in [0, 0.05) is 23.7 Å². The second-order valence-electron chi connectivity index (χ2n) is 8.31. The summed E-state index contributed by atoms with van der Waals surface area (Å²) < 4.78 is 0. The van der Waals surface area contributed by atoms with E-state index in [1.54, 1.807) is 30.5 Å². The van der Waals surface area contributed by atoms with Crippen molar-refractivity contribution in [1.29, 1.82) is 0 Å². The molecule has 7 nitrogen and oxygen atoms in total. The number of carbonyl (C=O) groups is 2. The number of anilines is 1. The fraction of sp³-hybridized carbons (Fsp3) is 0.318. The van der Waals surface area contributed by atoms with Gasteiger partial charge in [-0.25, -0.2) is 10.1 Å². The van der Waals surface area contributed by atoms with Gasteiger partial charge in [0.2, 0.25) is 0 Å². The lowest BCUT2D eigenvalue weighted by atomic mass is 10.0. The van der Waals surface area contributed by atoms with E-state index in [1.807, 2.05) is 58.9 Å². The number of hydrazine groups is 2. The molecule has 2 N–H and O–H groups in total. The van der Waals surface area contributed by atoms with E-state index < -0.39 is 5.54 Å². The van der Waals surface area contributed by atoms with Crippen molar-refractivity contribution in [2.24, 2.45) is 5.10 Å². The summed E-state index contributed by atoms with van der Waals surface area (Å²) in [5.41, 5.74) is 9.92. The summed E-state index contributed by atoms with van der Waals surface area (Å²) in [6.45, 7) is 9.55. The van der Waals surface area contributed by atoms with Crippen molar-refractivity contribution in [3.05, 3.63) is 64.2 Å². The zero-order valence-corrected chi connectivity index (χ0v) is 17.7.